The second-order valence-corrected chi connectivity index (χ2v) is 20.2. The van der Waals surface area contributed by atoms with Gasteiger partial charge in [-0.15, -0.1) is 0 Å². The zero-order chi connectivity index (χ0) is 44.8. The van der Waals surface area contributed by atoms with E-state index in [1.54, 1.807) is 11.1 Å². The van der Waals surface area contributed by atoms with Crippen molar-refractivity contribution in [3.63, 3.8) is 0 Å². The van der Waals surface area contributed by atoms with Crippen molar-refractivity contribution in [1.29, 1.82) is 0 Å². The van der Waals surface area contributed by atoms with Crippen molar-refractivity contribution in [3.05, 3.63) is 242 Å². The normalized spacial score (nSPS) is 19.3. The Kier molecular flexibility index (Phi) is 9.12. The summed E-state index contributed by atoms with van der Waals surface area (Å²) in [6.07, 6.45) is 6.83. The summed E-state index contributed by atoms with van der Waals surface area (Å²) in [6, 6.07) is 86.1. The molecule has 15 rings (SSSR count). The summed E-state index contributed by atoms with van der Waals surface area (Å²) in [6.45, 7) is 0. The molecule has 0 aliphatic heterocycles. The van der Waals surface area contributed by atoms with Crippen molar-refractivity contribution >= 4 is 55.7 Å². The number of fused-ring (bicyclic) bond motifs is 5. The molecule has 2 nitrogen and oxygen atoms in total. The summed E-state index contributed by atoms with van der Waals surface area (Å²) in [5.41, 5.74) is 18.0. The Bertz CT molecular complexity index is 3280. The Morgan fingerprint density at radius 1 is 0.279 bits per heavy atom. The monoisotopic (exact) mass is 872 g/mol. The molecule has 0 atom stereocenters. The van der Waals surface area contributed by atoms with Crippen LogP contribution in [0.2, 0.25) is 0 Å². The topological polar surface area (TPSA) is 6.48 Å². The van der Waals surface area contributed by atoms with Crippen LogP contribution in [0.25, 0.3) is 54.9 Å². The van der Waals surface area contributed by atoms with Gasteiger partial charge in [0.05, 0.1) is 0 Å². The number of hydrogen-bond donors (Lipinski definition) is 0. The second kappa shape index (κ2) is 15.7. The van der Waals surface area contributed by atoms with Crippen molar-refractivity contribution < 1.29 is 0 Å². The van der Waals surface area contributed by atoms with Crippen LogP contribution in [-0.2, 0) is 5.41 Å². The Labute approximate surface area is 399 Å². The van der Waals surface area contributed by atoms with Gasteiger partial charge in [-0.05, 0) is 219 Å². The van der Waals surface area contributed by atoms with Crippen LogP contribution in [-0.4, -0.2) is 0 Å². The summed E-state index contributed by atoms with van der Waals surface area (Å²) in [7, 11) is 0. The molecule has 0 unspecified atom stereocenters. The molecule has 4 fully saturated rings. The van der Waals surface area contributed by atoms with Crippen LogP contribution >= 0.6 is 0 Å². The molecule has 4 bridgehead atoms. The minimum atomic E-state index is 0.0126. The fourth-order valence-electron chi connectivity index (χ4n) is 13.9. The molecule has 0 N–H and O–H groups in total. The highest BCUT2D eigenvalue weighted by Gasteiger charge is 2.61. The summed E-state index contributed by atoms with van der Waals surface area (Å²) in [5, 5.41) is 5.25. The van der Waals surface area contributed by atoms with Crippen LogP contribution in [0.3, 0.4) is 0 Å². The lowest BCUT2D eigenvalue weighted by Gasteiger charge is -2.61. The van der Waals surface area contributed by atoms with E-state index < -0.39 is 0 Å². The molecule has 2 heteroatoms. The highest BCUT2D eigenvalue weighted by molar-refractivity contribution is 6.01. The number of benzene rings is 10. The van der Waals surface area contributed by atoms with E-state index in [1.807, 2.05) is 0 Å². The number of nitrogens with zero attached hydrogens (tertiary/aromatic N) is 2. The molecule has 10 aromatic carbocycles. The van der Waals surface area contributed by atoms with Gasteiger partial charge in [-0.3, -0.25) is 0 Å². The molecule has 326 valence electrons. The Balaban J connectivity index is 0.923. The molecule has 0 saturated heterocycles. The van der Waals surface area contributed by atoms with Gasteiger partial charge < -0.3 is 9.80 Å². The smallest absolute Gasteiger partial charge is 0.0468 e. The van der Waals surface area contributed by atoms with Gasteiger partial charge in [-0.1, -0.05) is 133 Å². The summed E-state index contributed by atoms with van der Waals surface area (Å²) in [4.78, 5) is 4.88. The van der Waals surface area contributed by atoms with E-state index in [-0.39, 0.29) is 5.41 Å². The van der Waals surface area contributed by atoms with Gasteiger partial charge >= 0.3 is 0 Å². The minimum absolute atomic E-state index is 0.0126. The molecule has 0 aromatic heterocycles. The first-order valence-corrected chi connectivity index (χ1v) is 24.8. The van der Waals surface area contributed by atoms with Crippen molar-refractivity contribution in [2.24, 2.45) is 23.7 Å². The van der Waals surface area contributed by atoms with Gasteiger partial charge in [-0.25, -0.2) is 0 Å². The van der Waals surface area contributed by atoms with E-state index in [2.05, 4.69) is 240 Å². The molecule has 0 radical (unpaired) electrons. The van der Waals surface area contributed by atoms with Gasteiger partial charge in [0.25, 0.3) is 0 Å². The average Bonchev–Trinajstić information content (AvgIpc) is 3.65. The van der Waals surface area contributed by atoms with Gasteiger partial charge in [0.15, 0.2) is 0 Å². The van der Waals surface area contributed by atoms with Crippen molar-refractivity contribution in [3.8, 4) is 33.4 Å². The SMILES string of the molecule is c1ccc(-c2cccc(N(c3ccccc3)c3ccc4cc5c(cc4c3)C3(c4cc6cc(N(c7ccccc7)c7cccc(-c8ccccc8)c7)ccc6cc4-5)C4CC5CC(C4)CC3C5)c2)cc1. The lowest BCUT2D eigenvalue weighted by Crippen LogP contribution is -2.55. The third-order valence-corrected chi connectivity index (χ3v) is 16.5. The molecule has 0 heterocycles. The number of anilines is 6. The van der Waals surface area contributed by atoms with E-state index in [9.17, 15) is 0 Å². The highest BCUT2D eigenvalue weighted by atomic mass is 15.1. The molecule has 5 aliphatic carbocycles. The third-order valence-electron chi connectivity index (χ3n) is 16.5. The molecule has 1 spiro atoms. The van der Waals surface area contributed by atoms with Crippen molar-refractivity contribution in [1.82, 2.24) is 0 Å². The lowest BCUT2D eigenvalue weighted by molar-refractivity contribution is -0.0398. The van der Waals surface area contributed by atoms with Crippen LogP contribution in [0.4, 0.5) is 34.1 Å². The second-order valence-electron chi connectivity index (χ2n) is 20.2. The van der Waals surface area contributed by atoms with E-state index >= 15 is 0 Å². The fraction of sp³-hybridized carbons (Fsp3) is 0.152. The van der Waals surface area contributed by atoms with E-state index in [0.717, 1.165) is 34.6 Å². The first-order valence-electron chi connectivity index (χ1n) is 24.8. The minimum Gasteiger partial charge on any atom is -0.310 e. The molecule has 0 amide bonds. The summed E-state index contributed by atoms with van der Waals surface area (Å²) >= 11 is 0. The molecular weight excluding hydrogens is 821 g/mol. The van der Waals surface area contributed by atoms with E-state index in [1.165, 1.54) is 98.4 Å². The van der Waals surface area contributed by atoms with Gasteiger partial charge in [-0.2, -0.15) is 0 Å². The largest absolute Gasteiger partial charge is 0.310 e. The zero-order valence-electron chi connectivity index (χ0n) is 38.2. The standard InChI is InChI=1S/C66H52N2/c1-5-15-46(16-6-1)48-19-13-25-58(36-48)67(56-21-9-3-10-22-56)60-29-27-50-40-62-63-41-51-28-30-61(68(57-23-11-4-12-24-57)59-26-14-20-49(37-59)47-17-7-2-8-18-47)39-53(51)43-65(63)66(64(62)42-52(50)38-60)54-32-44-31-45(34-54)35-55(66)33-44/h1-30,36-45,54-55H,31-35H2. The number of rotatable bonds is 8. The predicted molar refractivity (Wildman–Crippen MR) is 285 cm³/mol. The van der Waals surface area contributed by atoms with Crippen LogP contribution in [0.1, 0.15) is 43.2 Å². The van der Waals surface area contributed by atoms with Crippen LogP contribution < -0.4 is 9.80 Å². The van der Waals surface area contributed by atoms with Crippen molar-refractivity contribution in [2.75, 3.05) is 9.80 Å². The van der Waals surface area contributed by atoms with Crippen molar-refractivity contribution in [2.45, 2.75) is 37.5 Å². The van der Waals surface area contributed by atoms with Crippen LogP contribution in [0.5, 0.6) is 0 Å². The highest BCUT2D eigenvalue weighted by Crippen LogP contribution is 2.70. The Morgan fingerprint density at radius 2 is 0.647 bits per heavy atom. The first-order chi connectivity index (χ1) is 33.6. The maximum Gasteiger partial charge on any atom is 0.0468 e. The summed E-state index contributed by atoms with van der Waals surface area (Å²) in [5.74, 6) is 3.05. The van der Waals surface area contributed by atoms with Gasteiger partial charge in [0, 0.05) is 39.5 Å². The van der Waals surface area contributed by atoms with Gasteiger partial charge in [0.2, 0.25) is 0 Å². The molecule has 68 heavy (non-hydrogen) atoms. The Morgan fingerprint density at radius 3 is 1.07 bits per heavy atom. The zero-order valence-corrected chi connectivity index (χ0v) is 38.2. The Hall–Kier alpha value is -7.68. The quantitative estimate of drug-likeness (QED) is 0.150. The third kappa shape index (κ3) is 6.31. The van der Waals surface area contributed by atoms with Gasteiger partial charge in [0.1, 0.15) is 0 Å². The maximum absolute atomic E-state index is 2.66. The van der Waals surface area contributed by atoms with Crippen LogP contribution in [0, 0.1) is 23.7 Å². The summed E-state index contributed by atoms with van der Waals surface area (Å²) < 4.78 is 0. The molecule has 5 aliphatic rings. The maximum atomic E-state index is 2.66. The molecular formula is C66H52N2. The van der Waals surface area contributed by atoms with E-state index in [0.29, 0.717) is 11.8 Å². The molecule has 4 saturated carbocycles. The fourth-order valence-corrected chi connectivity index (χ4v) is 13.9. The first kappa shape index (κ1) is 39.5. The van der Waals surface area contributed by atoms with Crippen LogP contribution in [0.15, 0.2) is 231 Å². The lowest BCUT2D eigenvalue weighted by atomic mass is 9.43. The predicted octanol–water partition coefficient (Wildman–Crippen LogP) is 18.0. The number of hydrogen-bond acceptors (Lipinski definition) is 2. The van der Waals surface area contributed by atoms with E-state index in [4.69, 9.17) is 0 Å². The number of para-hydroxylation sites is 2. The average molecular weight is 873 g/mol. The molecule has 10 aromatic rings.